The van der Waals surface area contributed by atoms with E-state index in [2.05, 4.69) is 21.9 Å². The molecule has 1 aromatic heterocycles. The molecule has 7 atom stereocenters. The van der Waals surface area contributed by atoms with E-state index in [1.807, 2.05) is 24.3 Å². The summed E-state index contributed by atoms with van der Waals surface area (Å²) >= 11 is 0. The lowest BCUT2D eigenvalue weighted by molar-refractivity contribution is -0.142. The number of alkyl carbamates (subject to hydrolysis) is 1. The van der Waals surface area contributed by atoms with Gasteiger partial charge in [0, 0.05) is 12.3 Å². The van der Waals surface area contributed by atoms with Crippen molar-refractivity contribution in [2.24, 2.45) is 17.8 Å². The van der Waals surface area contributed by atoms with Crippen molar-refractivity contribution >= 4 is 44.9 Å². The molecule has 1 saturated heterocycles. The quantitative estimate of drug-likeness (QED) is 0.344. The summed E-state index contributed by atoms with van der Waals surface area (Å²) in [7, 11) is -3.89. The Morgan fingerprint density at radius 3 is 2.35 bits per heavy atom. The molecule has 4 saturated carbocycles. The largest absolute Gasteiger partial charge is 0.471 e. The highest BCUT2D eigenvalue weighted by Gasteiger charge is 2.62. The van der Waals surface area contributed by atoms with Gasteiger partial charge in [0.2, 0.25) is 27.7 Å². The molecule has 6 aliphatic rings. The van der Waals surface area contributed by atoms with Gasteiger partial charge >= 0.3 is 6.09 Å². The van der Waals surface area contributed by atoms with Gasteiger partial charge in [-0.1, -0.05) is 43.9 Å². The van der Waals surface area contributed by atoms with Crippen LogP contribution in [-0.4, -0.2) is 88.7 Å². The SMILES string of the molecule is C=C[C@@H]1C[C@]1(NC(=O)[C@@H]1C[C@@H]2CN1C(=O)[C@H](C1CCCC1)NC(=O)OC1CCC[C@H]1CCCCCc1nc3ccccc3nc1O2)C(=O)NS(=O)(=O)C1CC1. The Hall–Kier alpha value is -4.27. The lowest BCUT2D eigenvalue weighted by Gasteiger charge is -2.32. The van der Waals surface area contributed by atoms with Crippen molar-refractivity contribution in [3.63, 3.8) is 0 Å². The number of benzene rings is 1. The van der Waals surface area contributed by atoms with Crippen LogP contribution in [0.5, 0.6) is 5.88 Å². The molecule has 15 heteroatoms. The molecule has 4 amide bonds. The average molecular weight is 777 g/mol. The molecule has 1 unspecified atom stereocenters. The number of hydrogen-bond donors (Lipinski definition) is 3. The number of nitrogens with one attached hydrogen (secondary N) is 3. The standard InChI is InChI=1S/C40H52N6O8S/c1-2-26-22-40(26,38(49)45-55(51,52)28-19-20-28)44-35(47)32-21-27-23-46(32)37(48)34(25-12-6-7-13-25)43-39(50)54-33-18-10-14-24(33)11-4-3-5-17-31-36(53-27)42-30-16-9-8-15-29(30)41-31/h2,8-9,15-16,24-28,32-34H,1,3-7,10-14,17-23H2,(H,43,50)(H,44,47)(H,45,49)/t24-,26-,27-,32+,33?,34+,40-/m1/s1. The summed E-state index contributed by atoms with van der Waals surface area (Å²) in [5.41, 5.74) is 0.603. The Labute approximate surface area is 322 Å². The molecule has 3 N–H and O–H groups in total. The number of para-hydroxylation sites is 2. The third-order valence-corrected chi connectivity index (χ3v) is 14.5. The molecule has 3 heterocycles. The smallest absolute Gasteiger partial charge is 0.408 e. The summed E-state index contributed by atoms with van der Waals surface area (Å²) in [6, 6.07) is 5.56. The fourth-order valence-electron chi connectivity index (χ4n) is 9.34. The second-order valence-electron chi connectivity index (χ2n) is 16.5. The van der Waals surface area contributed by atoms with E-state index in [4.69, 9.17) is 19.4 Å². The summed E-state index contributed by atoms with van der Waals surface area (Å²) in [4.78, 5) is 67.7. The first kappa shape index (κ1) is 37.6. The third kappa shape index (κ3) is 7.90. The molecule has 2 aromatic rings. The van der Waals surface area contributed by atoms with Gasteiger partial charge in [-0.3, -0.25) is 19.1 Å². The predicted molar refractivity (Wildman–Crippen MR) is 202 cm³/mol. The van der Waals surface area contributed by atoms with Crippen LogP contribution in [0.2, 0.25) is 0 Å². The molecule has 296 valence electrons. The molecule has 8 rings (SSSR count). The molecule has 1 aromatic carbocycles. The lowest BCUT2D eigenvalue weighted by Crippen LogP contribution is -2.59. The molecule has 2 bridgehead atoms. The van der Waals surface area contributed by atoms with Crippen molar-refractivity contribution in [3.05, 3.63) is 42.6 Å². The minimum Gasteiger partial charge on any atom is -0.471 e. The monoisotopic (exact) mass is 776 g/mol. The fourth-order valence-corrected chi connectivity index (χ4v) is 10.7. The summed E-state index contributed by atoms with van der Waals surface area (Å²) in [6.45, 7) is 3.84. The van der Waals surface area contributed by atoms with Crippen molar-refractivity contribution in [3.8, 4) is 5.88 Å². The maximum Gasteiger partial charge on any atom is 0.408 e. The van der Waals surface area contributed by atoms with Crippen LogP contribution in [0.3, 0.4) is 0 Å². The number of amides is 4. The van der Waals surface area contributed by atoms with Crippen LogP contribution in [0.15, 0.2) is 36.9 Å². The Morgan fingerprint density at radius 2 is 1.62 bits per heavy atom. The Balaban J connectivity index is 1.12. The minimum absolute atomic E-state index is 0.0235. The van der Waals surface area contributed by atoms with E-state index in [0.29, 0.717) is 36.4 Å². The maximum absolute atomic E-state index is 14.8. The van der Waals surface area contributed by atoms with Crippen molar-refractivity contribution < 1.29 is 37.1 Å². The maximum atomic E-state index is 14.8. The van der Waals surface area contributed by atoms with E-state index in [-0.39, 0.29) is 37.3 Å². The second kappa shape index (κ2) is 15.3. The van der Waals surface area contributed by atoms with E-state index >= 15 is 0 Å². The summed E-state index contributed by atoms with van der Waals surface area (Å²) in [6.07, 6.45) is 11.7. The predicted octanol–water partition coefficient (Wildman–Crippen LogP) is 4.22. The van der Waals surface area contributed by atoms with Crippen LogP contribution in [0.25, 0.3) is 11.0 Å². The van der Waals surface area contributed by atoms with Gasteiger partial charge in [0.25, 0.3) is 5.91 Å². The first-order valence-electron chi connectivity index (χ1n) is 20.2. The first-order valence-corrected chi connectivity index (χ1v) is 21.8. The molecule has 2 aliphatic heterocycles. The van der Waals surface area contributed by atoms with E-state index in [0.717, 1.165) is 76.1 Å². The molecule has 0 radical (unpaired) electrons. The van der Waals surface area contributed by atoms with Gasteiger partial charge in [-0.25, -0.2) is 23.2 Å². The van der Waals surface area contributed by atoms with Crippen LogP contribution in [-0.2, 0) is 35.6 Å². The average Bonchev–Trinajstić information content (AvgIpc) is 3.95. The van der Waals surface area contributed by atoms with Gasteiger partial charge in [0.05, 0.1) is 22.8 Å². The number of hydrogen-bond acceptors (Lipinski definition) is 10. The molecular weight excluding hydrogens is 725 g/mol. The van der Waals surface area contributed by atoms with Gasteiger partial charge in [-0.15, -0.1) is 6.58 Å². The number of carbonyl (C=O) groups excluding carboxylic acids is 4. The molecule has 0 spiro atoms. The zero-order valence-corrected chi connectivity index (χ0v) is 32.1. The van der Waals surface area contributed by atoms with Crippen molar-refractivity contribution in [1.29, 1.82) is 0 Å². The Kier molecular flexibility index (Phi) is 10.5. The van der Waals surface area contributed by atoms with Crippen LogP contribution in [0, 0.1) is 17.8 Å². The highest BCUT2D eigenvalue weighted by molar-refractivity contribution is 7.91. The second-order valence-corrected chi connectivity index (χ2v) is 18.5. The Bertz CT molecular complexity index is 1950. The van der Waals surface area contributed by atoms with Crippen LogP contribution < -0.4 is 20.1 Å². The van der Waals surface area contributed by atoms with Crippen LogP contribution in [0.1, 0.15) is 102 Å². The van der Waals surface area contributed by atoms with Crippen molar-refractivity contribution in [2.75, 3.05) is 6.54 Å². The highest BCUT2D eigenvalue weighted by atomic mass is 32.2. The number of carbonyl (C=O) groups is 4. The number of aromatic nitrogens is 2. The van der Waals surface area contributed by atoms with Gasteiger partial charge in [0.1, 0.15) is 35.5 Å². The minimum atomic E-state index is -3.89. The van der Waals surface area contributed by atoms with E-state index in [1.165, 1.54) is 11.0 Å². The van der Waals surface area contributed by atoms with E-state index in [1.54, 1.807) is 0 Å². The third-order valence-electron chi connectivity index (χ3n) is 12.7. The van der Waals surface area contributed by atoms with Gasteiger partial charge in [-0.05, 0) is 94.6 Å². The van der Waals surface area contributed by atoms with E-state index in [9.17, 15) is 27.6 Å². The molecule has 55 heavy (non-hydrogen) atoms. The number of nitrogens with zero attached hydrogens (tertiary/aromatic N) is 3. The van der Waals surface area contributed by atoms with Gasteiger partial charge in [0.15, 0.2) is 0 Å². The number of sulfonamides is 1. The summed E-state index contributed by atoms with van der Waals surface area (Å²) in [5.74, 6) is -1.88. The Morgan fingerprint density at radius 1 is 0.909 bits per heavy atom. The summed E-state index contributed by atoms with van der Waals surface area (Å²) < 4.78 is 40.4. The molecule has 4 aliphatic carbocycles. The molecule has 5 fully saturated rings. The van der Waals surface area contributed by atoms with E-state index < -0.39 is 68.7 Å². The number of ether oxygens (including phenoxy) is 2. The van der Waals surface area contributed by atoms with Crippen LogP contribution >= 0.6 is 0 Å². The number of fused-ring (bicyclic) bond motifs is 5. The zero-order chi connectivity index (χ0) is 38.3. The van der Waals surface area contributed by atoms with Crippen LogP contribution in [0.4, 0.5) is 4.79 Å². The topological polar surface area (TPSA) is 186 Å². The number of aryl methyl sites for hydroxylation is 1. The van der Waals surface area contributed by atoms with Gasteiger partial charge < -0.3 is 25.0 Å². The first-order chi connectivity index (χ1) is 26.5. The zero-order valence-electron chi connectivity index (χ0n) is 31.2. The fraction of sp³-hybridized carbons (Fsp3) is 0.650. The number of rotatable bonds is 7. The summed E-state index contributed by atoms with van der Waals surface area (Å²) in [5, 5.41) is 5.18. The lowest BCUT2D eigenvalue weighted by atomic mass is 9.96. The van der Waals surface area contributed by atoms with Crippen molar-refractivity contribution in [2.45, 2.75) is 138 Å². The highest BCUT2D eigenvalue weighted by Crippen LogP contribution is 2.46. The molecular formula is C40H52N6O8S. The molecule has 14 nitrogen and oxygen atoms in total. The van der Waals surface area contributed by atoms with Crippen molar-refractivity contribution in [1.82, 2.24) is 30.2 Å². The van der Waals surface area contributed by atoms with Gasteiger partial charge in [-0.2, -0.15) is 0 Å². The normalized spacial score (nSPS) is 31.9.